The van der Waals surface area contributed by atoms with E-state index in [1.54, 1.807) is 15.8 Å². The minimum atomic E-state index is -0.619. The monoisotopic (exact) mass is 463 g/mol. The number of hydrogen-bond acceptors (Lipinski definition) is 6. The lowest BCUT2D eigenvalue weighted by molar-refractivity contribution is -0.0189. The van der Waals surface area contributed by atoms with Crippen molar-refractivity contribution >= 4 is 34.5 Å². The summed E-state index contributed by atoms with van der Waals surface area (Å²) in [5.74, 6) is 1.12. The molecule has 8 nitrogen and oxygen atoms in total. The standard InChI is InChI=1S/C23H34ClN5O3/c1-7-17-13(2)14(3)20(31-17)29-19-16(12-25-29)18(26-21(24)27-19)28(15-10-8-9-11-15)22(30)32-23(4,5)6/h12-15,17,20H,7-11H2,1-6H3/t13-,14+,17+,20+/m0/s1. The van der Waals surface area contributed by atoms with Crippen LogP contribution in [0.4, 0.5) is 10.6 Å². The van der Waals surface area contributed by atoms with Crippen molar-refractivity contribution in [2.24, 2.45) is 11.8 Å². The molecule has 0 aromatic carbocycles. The van der Waals surface area contributed by atoms with Gasteiger partial charge in [-0.1, -0.05) is 33.6 Å². The lowest BCUT2D eigenvalue weighted by Gasteiger charge is -2.31. The number of nitrogens with zero attached hydrogens (tertiary/aromatic N) is 5. The highest BCUT2D eigenvalue weighted by molar-refractivity contribution is 6.28. The van der Waals surface area contributed by atoms with Crippen molar-refractivity contribution in [1.82, 2.24) is 19.7 Å². The molecule has 1 aliphatic heterocycles. The normalized spacial score (nSPS) is 26.7. The highest BCUT2D eigenvalue weighted by Crippen LogP contribution is 2.42. The fourth-order valence-electron chi connectivity index (χ4n) is 4.91. The molecule has 4 rings (SSSR count). The molecule has 1 saturated heterocycles. The summed E-state index contributed by atoms with van der Waals surface area (Å²) in [7, 11) is 0. The van der Waals surface area contributed by atoms with Gasteiger partial charge < -0.3 is 9.47 Å². The Bertz CT molecular complexity index is 982. The molecule has 0 unspecified atom stereocenters. The van der Waals surface area contributed by atoms with E-state index in [9.17, 15) is 4.79 Å². The van der Waals surface area contributed by atoms with Crippen molar-refractivity contribution in [3.63, 3.8) is 0 Å². The van der Waals surface area contributed by atoms with Crippen LogP contribution in [-0.2, 0) is 9.47 Å². The van der Waals surface area contributed by atoms with E-state index in [0.717, 1.165) is 32.1 Å². The van der Waals surface area contributed by atoms with Gasteiger partial charge in [0.05, 0.1) is 17.7 Å². The van der Waals surface area contributed by atoms with Gasteiger partial charge in [-0.05, 0) is 57.6 Å². The van der Waals surface area contributed by atoms with Crippen LogP contribution >= 0.6 is 11.6 Å². The summed E-state index contributed by atoms with van der Waals surface area (Å²) in [5.41, 5.74) is -0.0423. The van der Waals surface area contributed by atoms with E-state index in [1.165, 1.54) is 0 Å². The highest BCUT2D eigenvalue weighted by atomic mass is 35.5. The number of fused-ring (bicyclic) bond motifs is 1. The Kier molecular flexibility index (Phi) is 6.38. The first-order valence-electron chi connectivity index (χ1n) is 11.7. The lowest BCUT2D eigenvalue weighted by atomic mass is 9.92. The predicted octanol–water partition coefficient (Wildman–Crippen LogP) is 5.74. The molecule has 1 aliphatic carbocycles. The largest absolute Gasteiger partial charge is 0.443 e. The molecule has 0 radical (unpaired) electrons. The molecule has 4 atom stereocenters. The van der Waals surface area contributed by atoms with Crippen molar-refractivity contribution in [2.45, 2.75) is 97.6 Å². The van der Waals surface area contributed by atoms with Crippen LogP contribution in [0.2, 0.25) is 5.28 Å². The summed E-state index contributed by atoms with van der Waals surface area (Å²) in [4.78, 5) is 23.9. The molecule has 0 N–H and O–H groups in total. The van der Waals surface area contributed by atoms with Crippen LogP contribution in [0.1, 0.15) is 79.9 Å². The van der Waals surface area contributed by atoms with Crippen LogP contribution in [0.25, 0.3) is 11.0 Å². The van der Waals surface area contributed by atoms with Crippen molar-refractivity contribution in [3.8, 4) is 0 Å². The second kappa shape index (κ2) is 8.78. The third kappa shape index (κ3) is 4.31. The third-order valence-electron chi connectivity index (χ3n) is 6.74. The molecular weight excluding hydrogens is 430 g/mol. The Morgan fingerprint density at radius 3 is 2.53 bits per heavy atom. The second-order valence-corrected chi connectivity index (χ2v) is 10.5. The van der Waals surface area contributed by atoms with Crippen molar-refractivity contribution in [3.05, 3.63) is 11.5 Å². The number of aromatic nitrogens is 4. The van der Waals surface area contributed by atoms with E-state index in [2.05, 4.69) is 35.8 Å². The smallest absolute Gasteiger partial charge is 0.416 e. The van der Waals surface area contributed by atoms with E-state index in [0.29, 0.717) is 22.8 Å². The van der Waals surface area contributed by atoms with Crippen LogP contribution in [0.5, 0.6) is 0 Å². The zero-order valence-electron chi connectivity index (χ0n) is 19.8. The molecule has 0 bridgehead atoms. The van der Waals surface area contributed by atoms with Gasteiger partial charge in [0.15, 0.2) is 17.7 Å². The van der Waals surface area contributed by atoms with Crippen LogP contribution < -0.4 is 4.90 Å². The van der Waals surface area contributed by atoms with E-state index in [-0.39, 0.29) is 29.6 Å². The van der Waals surface area contributed by atoms with Gasteiger partial charge in [-0.15, -0.1) is 0 Å². The summed E-state index contributed by atoms with van der Waals surface area (Å²) in [6.07, 6.45) is 6.09. The Hall–Kier alpha value is -1.93. The molecule has 0 spiro atoms. The minimum Gasteiger partial charge on any atom is -0.443 e. The van der Waals surface area contributed by atoms with Gasteiger partial charge in [-0.25, -0.2) is 9.48 Å². The van der Waals surface area contributed by atoms with Gasteiger partial charge in [-0.2, -0.15) is 15.1 Å². The summed E-state index contributed by atoms with van der Waals surface area (Å²) in [5, 5.41) is 5.38. The lowest BCUT2D eigenvalue weighted by Crippen LogP contribution is -2.43. The van der Waals surface area contributed by atoms with E-state index in [4.69, 9.17) is 21.1 Å². The van der Waals surface area contributed by atoms with Crippen molar-refractivity contribution < 1.29 is 14.3 Å². The predicted molar refractivity (Wildman–Crippen MR) is 124 cm³/mol. The number of carbonyl (C=O) groups is 1. The highest BCUT2D eigenvalue weighted by Gasteiger charge is 2.41. The fourth-order valence-corrected chi connectivity index (χ4v) is 5.07. The van der Waals surface area contributed by atoms with Crippen LogP contribution in [0.15, 0.2) is 6.20 Å². The molecule has 1 amide bonds. The van der Waals surface area contributed by atoms with Gasteiger partial charge >= 0.3 is 6.09 Å². The van der Waals surface area contributed by atoms with Crippen molar-refractivity contribution in [1.29, 1.82) is 0 Å². The third-order valence-corrected chi connectivity index (χ3v) is 6.91. The summed E-state index contributed by atoms with van der Waals surface area (Å²) < 4.78 is 13.9. The number of anilines is 1. The van der Waals surface area contributed by atoms with Gasteiger partial charge in [-0.3, -0.25) is 4.90 Å². The molecule has 176 valence electrons. The first-order valence-corrected chi connectivity index (χ1v) is 12.1. The Labute approximate surface area is 194 Å². The summed E-state index contributed by atoms with van der Waals surface area (Å²) >= 11 is 6.39. The van der Waals surface area contributed by atoms with E-state index < -0.39 is 11.7 Å². The number of ether oxygens (including phenoxy) is 2. The van der Waals surface area contributed by atoms with E-state index in [1.807, 2.05) is 20.8 Å². The molecule has 2 aromatic rings. The number of carbonyl (C=O) groups excluding carboxylic acids is 1. The van der Waals surface area contributed by atoms with Gasteiger partial charge in [0, 0.05) is 12.0 Å². The average molecular weight is 464 g/mol. The number of hydrogen-bond donors (Lipinski definition) is 0. The Morgan fingerprint density at radius 2 is 1.94 bits per heavy atom. The maximum atomic E-state index is 13.3. The molecule has 32 heavy (non-hydrogen) atoms. The topological polar surface area (TPSA) is 82.4 Å². The van der Waals surface area contributed by atoms with E-state index >= 15 is 0 Å². The van der Waals surface area contributed by atoms with Crippen molar-refractivity contribution in [2.75, 3.05) is 4.90 Å². The number of rotatable bonds is 4. The van der Waals surface area contributed by atoms with Crippen LogP contribution in [-0.4, -0.2) is 43.6 Å². The van der Waals surface area contributed by atoms with Crippen LogP contribution in [0.3, 0.4) is 0 Å². The molecule has 1 saturated carbocycles. The number of amides is 1. The zero-order chi connectivity index (χ0) is 23.2. The quantitative estimate of drug-likeness (QED) is 0.537. The molecule has 3 heterocycles. The second-order valence-electron chi connectivity index (χ2n) is 10.1. The molecular formula is C23H34ClN5O3. The maximum absolute atomic E-state index is 13.3. The zero-order valence-corrected chi connectivity index (χ0v) is 20.6. The molecule has 2 fully saturated rings. The molecule has 2 aliphatic rings. The first-order chi connectivity index (χ1) is 15.1. The first kappa shape index (κ1) is 23.2. The average Bonchev–Trinajstić information content (AvgIpc) is 3.42. The Balaban J connectivity index is 1.79. The maximum Gasteiger partial charge on any atom is 0.416 e. The molecule has 2 aromatic heterocycles. The summed E-state index contributed by atoms with van der Waals surface area (Å²) in [6, 6.07) is 0.00788. The fraction of sp³-hybridized carbons (Fsp3) is 0.739. The Morgan fingerprint density at radius 1 is 1.25 bits per heavy atom. The summed E-state index contributed by atoms with van der Waals surface area (Å²) in [6.45, 7) is 12.1. The molecule has 9 heteroatoms. The minimum absolute atomic E-state index is 0.00788. The number of halogens is 1. The van der Waals surface area contributed by atoms with Gasteiger partial charge in [0.1, 0.15) is 5.60 Å². The van der Waals surface area contributed by atoms with Gasteiger partial charge in [0.25, 0.3) is 0 Å². The van der Waals surface area contributed by atoms with Crippen LogP contribution in [0, 0.1) is 11.8 Å². The van der Waals surface area contributed by atoms with Gasteiger partial charge in [0.2, 0.25) is 5.28 Å². The SMILES string of the molecule is CC[C@H]1O[C@@H](n2ncc3c(N(C(=O)OC(C)(C)C)C4CCCC4)nc(Cl)nc32)[C@H](C)[C@@H]1C.